The third-order valence-corrected chi connectivity index (χ3v) is 8.03. The van der Waals surface area contributed by atoms with E-state index in [0.29, 0.717) is 17.9 Å². The first-order valence-electron chi connectivity index (χ1n) is 10.3. The number of hydrogen-bond donors (Lipinski definition) is 1. The highest BCUT2D eigenvalue weighted by atomic mass is 35.5. The van der Waals surface area contributed by atoms with Gasteiger partial charge in [-0.05, 0) is 73.4 Å². The van der Waals surface area contributed by atoms with Crippen LogP contribution in [0.5, 0.6) is 0 Å². The Hall–Kier alpha value is -2.61. The van der Waals surface area contributed by atoms with Crippen molar-refractivity contribution >= 4 is 44.8 Å². The smallest absolute Gasteiger partial charge is 0.265 e. The Kier molecular flexibility index (Phi) is 6.66. The van der Waals surface area contributed by atoms with Crippen LogP contribution in [0.15, 0.2) is 71.6 Å². The molecule has 0 radical (unpaired) electrons. The van der Waals surface area contributed by atoms with E-state index >= 15 is 0 Å². The third kappa shape index (κ3) is 4.86. The molecule has 172 valence electrons. The molecule has 0 fully saturated rings. The first kappa shape index (κ1) is 23.5. The van der Waals surface area contributed by atoms with Gasteiger partial charge < -0.3 is 5.32 Å². The van der Waals surface area contributed by atoms with E-state index < -0.39 is 27.8 Å². The van der Waals surface area contributed by atoms with Gasteiger partial charge in [-0.3, -0.25) is 9.10 Å². The molecule has 1 amide bonds. The monoisotopic (exact) mass is 506 g/mol. The zero-order chi connectivity index (χ0) is 23.8. The summed E-state index contributed by atoms with van der Waals surface area (Å²) in [5.74, 6) is -1.35. The normalized spacial score (nSPS) is 14.5. The lowest BCUT2D eigenvalue weighted by atomic mass is 10.1. The largest absolute Gasteiger partial charge is 0.351 e. The van der Waals surface area contributed by atoms with Crippen LogP contribution in [-0.2, 0) is 27.7 Å². The Morgan fingerprint density at radius 2 is 1.58 bits per heavy atom. The second-order valence-corrected chi connectivity index (χ2v) is 10.6. The average Bonchev–Trinajstić information content (AvgIpc) is 3.18. The summed E-state index contributed by atoms with van der Waals surface area (Å²) < 4.78 is 42.7. The molecule has 0 heterocycles. The van der Waals surface area contributed by atoms with Crippen molar-refractivity contribution in [2.45, 2.75) is 36.7 Å². The van der Waals surface area contributed by atoms with E-state index in [9.17, 15) is 17.6 Å². The molecule has 1 aliphatic carbocycles. The first-order chi connectivity index (χ1) is 15.7. The maximum Gasteiger partial charge on any atom is 0.265 e. The Bertz CT molecular complexity index is 1270. The quantitative estimate of drug-likeness (QED) is 0.511. The van der Waals surface area contributed by atoms with Crippen molar-refractivity contribution in [3.8, 4) is 0 Å². The van der Waals surface area contributed by atoms with Gasteiger partial charge in [0.2, 0.25) is 5.91 Å². The van der Waals surface area contributed by atoms with E-state index in [1.807, 2.05) is 24.3 Å². The lowest BCUT2D eigenvalue weighted by molar-refractivity contribution is -0.122. The van der Waals surface area contributed by atoms with Crippen LogP contribution in [0.4, 0.5) is 10.1 Å². The number of fused-ring (bicyclic) bond motifs is 1. The zero-order valence-electron chi connectivity index (χ0n) is 17.6. The molecule has 5 nitrogen and oxygen atoms in total. The molecule has 3 aromatic carbocycles. The van der Waals surface area contributed by atoms with Crippen LogP contribution < -0.4 is 9.62 Å². The topological polar surface area (TPSA) is 66.5 Å². The van der Waals surface area contributed by atoms with Crippen LogP contribution in [0.3, 0.4) is 0 Å². The second-order valence-electron chi connectivity index (χ2n) is 7.91. The minimum absolute atomic E-state index is 0.126. The standard InChI is InChI=1S/C24H21Cl2FN2O3S/c1-15(24(30)28-20-12-16-4-2-3-5-17(16)13-20)29(23-14-19(26)8-11-22(23)27)33(31,32)21-9-6-18(25)7-10-21/h2-11,14-15,20H,12-13H2,1H3,(H,28,30)/t15-/m1/s1. The molecule has 9 heteroatoms. The van der Waals surface area contributed by atoms with Crippen molar-refractivity contribution in [2.75, 3.05) is 4.31 Å². The van der Waals surface area contributed by atoms with E-state index in [1.54, 1.807) is 0 Å². The van der Waals surface area contributed by atoms with Crippen LogP contribution >= 0.6 is 23.2 Å². The highest BCUT2D eigenvalue weighted by molar-refractivity contribution is 7.93. The Balaban J connectivity index is 1.68. The Morgan fingerprint density at radius 1 is 1.00 bits per heavy atom. The Morgan fingerprint density at radius 3 is 2.18 bits per heavy atom. The van der Waals surface area contributed by atoms with Crippen molar-refractivity contribution in [3.63, 3.8) is 0 Å². The molecular formula is C24H21Cl2FN2O3S. The molecule has 0 unspecified atom stereocenters. The minimum atomic E-state index is -4.33. The molecule has 0 aromatic heterocycles. The van der Waals surface area contributed by atoms with E-state index in [0.717, 1.165) is 21.5 Å². The SMILES string of the molecule is C[C@H](C(=O)NC1Cc2ccccc2C1)N(c1cc(Cl)ccc1F)S(=O)(=O)c1ccc(Cl)cc1. The molecule has 0 spiro atoms. The van der Waals surface area contributed by atoms with Gasteiger partial charge in [0.05, 0.1) is 10.6 Å². The van der Waals surface area contributed by atoms with E-state index in [1.165, 1.54) is 43.3 Å². The van der Waals surface area contributed by atoms with Gasteiger partial charge in [-0.15, -0.1) is 0 Å². The lowest BCUT2D eigenvalue weighted by Crippen LogP contribution is -2.51. The number of carbonyl (C=O) groups excluding carboxylic acids is 1. The molecule has 1 N–H and O–H groups in total. The molecular weight excluding hydrogens is 486 g/mol. The van der Waals surface area contributed by atoms with Crippen LogP contribution in [0.1, 0.15) is 18.1 Å². The number of carbonyl (C=O) groups is 1. The van der Waals surface area contributed by atoms with Crippen LogP contribution in [0, 0.1) is 5.82 Å². The van der Waals surface area contributed by atoms with Crippen molar-refractivity contribution < 1.29 is 17.6 Å². The summed E-state index contributed by atoms with van der Waals surface area (Å²) >= 11 is 11.9. The number of nitrogens with zero attached hydrogens (tertiary/aromatic N) is 1. The fourth-order valence-corrected chi connectivity index (χ4v) is 5.92. The molecule has 1 atom stereocenters. The predicted octanol–water partition coefficient (Wildman–Crippen LogP) is 5.00. The van der Waals surface area contributed by atoms with Gasteiger partial charge >= 0.3 is 0 Å². The fourth-order valence-electron chi connectivity index (χ4n) is 4.01. The maximum absolute atomic E-state index is 14.8. The van der Waals surface area contributed by atoms with Crippen molar-refractivity contribution in [1.29, 1.82) is 0 Å². The highest BCUT2D eigenvalue weighted by Crippen LogP contribution is 2.32. The number of benzene rings is 3. The van der Waals surface area contributed by atoms with Crippen LogP contribution in [0.2, 0.25) is 10.0 Å². The van der Waals surface area contributed by atoms with Gasteiger partial charge in [-0.2, -0.15) is 0 Å². The van der Waals surface area contributed by atoms with Gasteiger partial charge in [0, 0.05) is 16.1 Å². The lowest BCUT2D eigenvalue weighted by Gasteiger charge is -2.31. The summed E-state index contributed by atoms with van der Waals surface area (Å²) in [5.41, 5.74) is 1.97. The van der Waals surface area contributed by atoms with Gasteiger partial charge in [-0.25, -0.2) is 12.8 Å². The number of amides is 1. The number of rotatable bonds is 6. The number of anilines is 1. The van der Waals surface area contributed by atoms with Gasteiger partial charge in [0.25, 0.3) is 10.0 Å². The molecule has 4 rings (SSSR count). The summed E-state index contributed by atoms with van der Waals surface area (Å²) in [7, 11) is -4.33. The van der Waals surface area contributed by atoms with E-state index in [4.69, 9.17) is 23.2 Å². The number of halogens is 3. The van der Waals surface area contributed by atoms with Gasteiger partial charge in [0.15, 0.2) is 0 Å². The minimum Gasteiger partial charge on any atom is -0.351 e. The van der Waals surface area contributed by atoms with Crippen molar-refractivity contribution in [2.24, 2.45) is 0 Å². The summed E-state index contributed by atoms with van der Waals surface area (Å²) in [6.45, 7) is 1.42. The van der Waals surface area contributed by atoms with E-state index in [-0.39, 0.29) is 21.6 Å². The number of sulfonamides is 1. The predicted molar refractivity (Wildman–Crippen MR) is 128 cm³/mol. The average molecular weight is 507 g/mol. The first-order valence-corrected chi connectivity index (χ1v) is 12.5. The Labute approximate surface area is 202 Å². The summed E-state index contributed by atoms with van der Waals surface area (Å²) in [4.78, 5) is 13.1. The molecule has 3 aromatic rings. The fraction of sp³-hybridized carbons (Fsp3) is 0.208. The van der Waals surface area contributed by atoms with Crippen molar-refractivity contribution in [3.05, 3.63) is 93.7 Å². The summed E-state index contributed by atoms with van der Waals surface area (Å²) in [6.07, 6.45) is 1.29. The molecule has 0 bridgehead atoms. The number of hydrogen-bond acceptors (Lipinski definition) is 3. The molecule has 0 aliphatic heterocycles. The molecule has 0 saturated heterocycles. The van der Waals surface area contributed by atoms with Gasteiger partial charge in [-0.1, -0.05) is 47.5 Å². The van der Waals surface area contributed by atoms with Gasteiger partial charge in [0.1, 0.15) is 11.9 Å². The molecule has 0 saturated carbocycles. The van der Waals surface area contributed by atoms with Crippen molar-refractivity contribution in [1.82, 2.24) is 5.32 Å². The second kappa shape index (κ2) is 9.33. The third-order valence-electron chi connectivity index (χ3n) is 5.64. The van der Waals surface area contributed by atoms with E-state index in [2.05, 4.69) is 5.32 Å². The summed E-state index contributed by atoms with van der Waals surface area (Å²) in [6, 6.07) is 15.5. The molecule has 1 aliphatic rings. The summed E-state index contributed by atoms with van der Waals surface area (Å²) in [5, 5.41) is 3.41. The highest BCUT2D eigenvalue weighted by Gasteiger charge is 2.36. The van der Waals surface area contributed by atoms with Crippen LogP contribution in [0.25, 0.3) is 0 Å². The maximum atomic E-state index is 14.8. The van der Waals surface area contributed by atoms with Crippen LogP contribution in [-0.4, -0.2) is 26.4 Å². The number of nitrogens with one attached hydrogen (secondary N) is 1. The molecule has 33 heavy (non-hydrogen) atoms. The zero-order valence-corrected chi connectivity index (χ0v) is 20.0.